The molecule has 0 saturated heterocycles. The number of aliphatic hydroxyl groups excluding tert-OH is 1. The third kappa shape index (κ3) is 45.9. The Morgan fingerprint density at radius 2 is 0.754 bits per heavy atom. The Morgan fingerprint density at radius 1 is 0.421 bits per heavy atom. The van der Waals surface area contributed by atoms with Crippen LogP contribution < -0.4 is 0 Å². The summed E-state index contributed by atoms with van der Waals surface area (Å²) in [5.74, 6) is -0.601. The maximum Gasteiger partial charge on any atom is 0.306 e. The summed E-state index contributed by atoms with van der Waals surface area (Å²) in [4.78, 5) is 24.4. The molecule has 0 aromatic carbocycles. The van der Waals surface area contributed by atoms with E-state index in [2.05, 4.69) is 86.8 Å². The van der Waals surface area contributed by atoms with E-state index < -0.39 is 6.10 Å². The molecule has 57 heavy (non-hydrogen) atoms. The van der Waals surface area contributed by atoms with Gasteiger partial charge in [-0.15, -0.1) is 0 Å². The second-order valence-corrected chi connectivity index (χ2v) is 15.8. The van der Waals surface area contributed by atoms with Crippen molar-refractivity contribution in [3.63, 3.8) is 0 Å². The summed E-state index contributed by atoms with van der Waals surface area (Å²) >= 11 is 0. The molecule has 1 unspecified atom stereocenters. The zero-order valence-corrected chi connectivity index (χ0v) is 37.3. The summed E-state index contributed by atoms with van der Waals surface area (Å²) in [5, 5.41) is 9.61. The second-order valence-electron chi connectivity index (χ2n) is 15.8. The molecule has 5 heteroatoms. The zero-order chi connectivity index (χ0) is 41.4. The van der Waals surface area contributed by atoms with Crippen LogP contribution in [-0.2, 0) is 19.1 Å². The maximum atomic E-state index is 12.3. The molecule has 5 nitrogen and oxygen atoms in total. The number of esters is 2. The first-order valence-electron chi connectivity index (χ1n) is 24.0. The highest BCUT2D eigenvalue weighted by Crippen LogP contribution is 2.15. The molecule has 0 saturated carbocycles. The minimum atomic E-state index is -0.779. The first-order valence-corrected chi connectivity index (χ1v) is 24.0. The fourth-order valence-electron chi connectivity index (χ4n) is 6.63. The van der Waals surface area contributed by atoms with Crippen LogP contribution in [0.1, 0.15) is 226 Å². The van der Waals surface area contributed by atoms with E-state index in [1.165, 1.54) is 122 Å². The van der Waals surface area contributed by atoms with Gasteiger partial charge in [-0.25, -0.2) is 0 Å². The van der Waals surface area contributed by atoms with Crippen molar-refractivity contribution in [1.29, 1.82) is 0 Å². The Hall–Kier alpha value is -2.66. The molecule has 0 rings (SSSR count). The van der Waals surface area contributed by atoms with Crippen LogP contribution in [0.5, 0.6) is 0 Å². The number of unbranched alkanes of at least 4 members (excludes halogenated alkanes) is 23. The standard InChI is InChI=1S/C52H90O5/c1-3-5-7-9-11-13-15-17-19-21-23-24-25-26-27-28-29-31-33-35-37-39-41-43-45-47-52(55)57-50(48-53)49-56-51(54)46-44-42-40-38-36-34-32-30-22-20-18-16-14-12-10-8-6-4-2/h5,7,11,13-14,16-17,19-20,22-24,50,53H,3-4,6,8-10,12,15,18,21,25-49H2,1-2H3/b7-5-,13-11-,16-14-,19-17-,22-20-,24-23-. The predicted molar refractivity (Wildman–Crippen MR) is 246 cm³/mol. The van der Waals surface area contributed by atoms with Crippen molar-refractivity contribution in [1.82, 2.24) is 0 Å². The van der Waals surface area contributed by atoms with Gasteiger partial charge in [-0.3, -0.25) is 9.59 Å². The highest BCUT2D eigenvalue weighted by atomic mass is 16.6. The molecule has 0 heterocycles. The van der Waals surface area contributed by atoms with Gasteiger partial charge in [0.05, 0.1) is 6.61 Å². The van der Waals surface area contributed by atoms with Crippen molar-refractivity contribution in [3.8, 4) is 0 Å². The normalized spacial score (nSPS) is 12.8. The molecule has 1 atom stereocenters. The van der Waals surface area contributed by atoms with Gasteiger partial charge in [-0.05, 0) is 83.5 Å². The summed E-state index contributed by atoms with van der Waals surface area (Å²) in [5.41, 5.74) is 0. The lowest BCUT2D eigenvalue weighted by atomic mass is 10.0. The van der Waals surface area contributed by atoms with Gasteiger partial charge in [-0.1, -0.05) is 202 Å². The van der Waals surface area contributed by atoms with Gasteiger partial charge in [0.15, 0.2) is 6.10 Å². The average molecular weight is 795 g/mol. The largest absolute Gasteiger partial charge is 0.462 e. The SMILES string of the molecule is CC/C=C\C/C=C\C/C=C\C/C=C\CCCCCCCCCCCCCCC(=O)OC(CO)COC(=O)CCCCCCCCC/C=C\C/C=C\CCCCCC. The molecule has 0 aromatic rings. The molecular formula is C52H90O5. The lowest BCUT2D eigenvalue weighted by Gasteiger charge is -2.15. The van der Waals surface area contributed by atoms with Crippen LogP contribution in [0.4, 0.5) is 0 Å². The van der Waals surface area contributed by atoms with Crippen LogP contribution in [0.2, 0.25) is 0 Å². The minimum Gasteiger partial charge on any atom is -0.462 e. The second kappa shape index (κ2) is 47.7. The van der Waals surface area contributed by atoms with Crippen molar-refractivity contribution in [2.24, 2.45) is 0 Å². The van der Waals surface area contributed by atoms with Crippen LogP contribution >= 0.6 is 0 Å². The predicted octanol–water partition coefficient (Wildman–Crippen LogP) is 15.7. The maximum absolute atomic E-state index is 12.3. The van der Waals surface area contributed by atoms with Gasteiger partial charge in [0.1, 0.15) is 6.61 Å². The number of hydrogen-bond acceptors (Lipinski definition) is 5. The highest BCUT2D eigenvalue weighted by Gasteiger charge is 2.16. The van der Waals surface area contributed by atoms with Gasteiger partial charge >= 0.3 is 11.9 Å². The van der Waals surface area contributed by atoms with E-state index in [0.717, 1.165) is 77.0 Å². The Balaban J connectivity index is 3.53. The number of carbonyl (C=O) groups excluding carboxylic acids is 2. The smallest absolute Gasteiger partial charge is 0.306 e. The Labute approximate surface area is 353 Å². The molecule has 328 valence electrons. The first kappa shape index (κ1) is 54.3. The van der Waals surface area contributed by atoms with Gasteiger partial charge in [0.2, 0.25) is 0 Å². The molecule has 0 aromatic heterocycles. The summed E-state index contributed by atoms with van der Waals surface area (Å²) in [6.07, 6.45) is 64.1. The van der Waals surface area contributed by atoms with E-state index in [9.17, 15) is 14.7 Å². The molecule has 0 aliphatic heterocycles. The van der Waals surface area contributed by atoms with Crippen molar-refractivity contribution in [2.45, 2.75) is 232 Å². The lowest BCUT2D eigenvalue weighted by molar-refractivity contribution is -0.161. The van der Waals surface area contributed by atoms with Crippen molar-refractivity contribution in [2.75, 3.05) is 13.2 Å². The van der Waals surface area contributed by atoms with Crippen LogP contribution in [0.25, 0.3) is 0 Å². The summed E-state index contributed by atoms with van der Waals surface area (Å²) in [7, 11) is 0. The van der Waals surface area contributed by atoms with Crippen molar-refractivity contribution < 1.29 is 24.2 Å². The molecule has 0 spiro atoms. The number of aliphatic hydroxyl groups is 1. The van der Waals surface area contributed by atoms with E-state index >= 15 is 0 Å². The molecular weight excluding hydrogens is 705 g/mol. The zero-order valence-electron chi connectivity index (χ0n) is 37.3. The van der Waals surface area contributed by atoms with Gasteiger partial charge in [-0.2, -0.15) is 0 Å². The Kier molecular flexibility index (Phi) is 45.5. The quantitative estimate of drug-likeness (QED) is 0.0378. The van der Waals surface area contributed by atoms with Crippen LogP contribution in [0.15, 0.2) is 72.9 Å². The topological polar surface area (TPSA) is 72.8 Å². The first-order chi connectivity index (χ1) is 28.1. The van der Waals surface area contributed by atoms with E-state index in [1.54, 1.807) is 0 Å². The Morgan fingerprint density at radius 3 is 1.14 bits per heavy atom. The molecule has 0 radical (unpaired) electrons. The molecule has 0 aliphatic carbocycles. The number of rotatable bonds is 43. The molecule has 0 fully saturated rings. The molecule has 1 N–H and O–H groups in total. The monoisotopic (exact) mass is 795 g/mol. The average Bonchev–Trinajstić information content (AvgIpc) is 3.21. The third-order valence-corrected chi connectivity index (χ3v) is 10.2. The van der Waals surface area contributed by atoms with E-state index in [-0.39, 0.29) is 25.2 Å². The fraction of sp³-hybridized carbons (Fsp3) is 0.731. The van der Waals surface area contributed by atoms with Crippen molar-refractivity contribution >= 4 is 11.9 Å². The molecule has 0 aliphatic rings. The third-order valence-electron chi connectivity index (χ3n) is 10.2. The highest BCUT2D eigenvalue weighted by molar-refractivity contribution is 5.70. The lowest BCUT2D eigenvalue weighted by Crippen LogP contribution is -2.28. The molecule has 0 amide bonds. The van der Waals surface area contributed by atoms with Gasteiger partial charge in [0, 0.05) is 12.8 Å². The Bertz CT molecular complexity index is 1040. The summed E-state index contributed by atoms with van der Waals surface area (Å²) in [6.45, 7) is 4.01. The number of allylic oxidation sites excluding steroid dienone is 12. The summed E-state index contributed by atoms with van der Waals surface area (Å²) < 4.78 is 10.7. The molecule has 0 bridgehead atoms. The number of carbonyl (C=O) groups is 2. The van der Waals surface area contributed by atoms with Gasteiger partial charge in [0.25, 0.3) is 0 Å². The van der Waals surface area contributed by atoms with E-state index in [0.29, 0.717) is 12.8 Å². The van der Waals surface area contributed by atoms with Crippen LogP contribution in [0.3, 0.4) is 0 Å². The summed E-state index contributed by atoms with van der Waals surface area (Å²) in [6, 6.07) is 0. The van der Waals surface area contributed by atoms with E-state index in [1.807, 2.05) is 0 Å². The number of ether oxygens (including phenoxy) is 2. The van der Waals surface area contributed by atoms with E-state index in [4.69, 9.17) is 9.47 Å². The van der Waals surface area contributed by atoms with Crippen molar-refractivity contribution in [3.05, 3.63) is 72.9 Å². The van der Waals surface area contributed by atoms with Crippen LogP contribution in [0, 0.1) is 0 Å². The van der Waals surface area contributed by atoms with Gasteiger partial charge < -0.3 is 14.6 Å². The van der Waals surface area contributed by atoms with Crippen LogP contribution in [-0.4, -0.2) is 36.4 Å². The fourth-order valence-corrected chi connectivity index (χ4v) is 6.63. The minimum absolute atomic E-state index is 0.0725. The number of hydrogen-bond donors (Lipinski definition) is 1.